The van der Waals surface area contributed by atoms with Gasteiger partial charge in [-0.15, -0.1) is 0 Å². The van der Waals surface area contributed by atoms with Crippen LogP contribution < -0.4 is 0 Å². The van der Waals surface area contributed by atoms with Crippen molar-refractivity contribution < 1.29 is 4.39 Å². The monoisotopic (exact) mass is 227 g/mol. The lowest BCUT2D eigenvalue weighted by Crippen LogP contribution is -2.43. The fraction of sp³-hybridized carbons (Fsp3) is 1.00. The molecule has 0 amide bonds. The number of alkyl halides is 1. The third-order valence-electron chi connectivity index (χ3n) is 4.73. The third-order valence-corrected chi connectivity index (χ3v) is 4.73. The first kappa shape index (κ1) is 12.3. The minimum Gasteiger partial charge on any atom is -0.303 e. The van der Waals surface area contributed by atoms with E-state index >= 15 is 0 Å². The van der Waals surface area contributed by atoms with Gasteiger partial charge in [0, 0.05) is 19.0 Å². The average Bonchev–Trinajstić information content (AvgIpc) is 2.27. The van der Waals surface area contributed by atoms with Crippen molar-refractivity contribution in [2.24, 2.45) is 17.8 Å². The number of hydrogen-bond donors (Lipinski definition) is 0. The Morgan fingerprint density at radius 3 is 2.50 bits per heavy atom. The molecule has 2 aliphatic rings. The minimum absolute atomic E-state index is 0.328. The molecule has 0 bridgehead atoms. The van der Waals surface area contributed by atoms with Crippen LogP contribution in [0.1, 0.15) is 46.0 Å². The highest BCUT2D eigenvalue weighted by Gasteiger charge is 2.29. The van der Waals surface area contributed by atoms with Gasteiger partial charge < -0.3 is 4.90 Å². The van der Waals surface area contributed by atoms with Gasteiger partial charge in [0.1, 0.15) is 6.17 Å². The Bertz CT molecular complexity index is 219. The number of halogens is 1. The van der Waals surface area contributed by atoms with Gasteiger partial charge in [0.25, 0.3) is 0 Å². The summed E-state index contributed by atoms with van der Waals surface area (Å²) in [6, 6.07) is 0. The summed E-state index contributed by atoms with van der Waals surface area (Å²) in [4.78, 5) is 2.51. The van der Waals surface area contributed by atoms with E-state index in [1.54, 1.807) is 0 Å². The highest BCUT2D eigenvalue weighted by Crippen LogP contribution is 2.30. The van der Waals surface area contributed by atoms with E-state index in [0.29, 0.717) is 5.92 Å². The van der Waals surface area contributed by atoms with Crippen molar-refractivity contribution in [1.82, 2.24) is 4.90 Å². The Morgan fingerprint density at radius 2 is 1.81 bits per heavy atom. The smallest absolute Gasteiger partial charge is 0.104 e. The van der Waals surface area contributed by atoms with Crippen molar-refractivity contribution in [3.8, 4) is 0 Å². The molecule has 1 heterocycles. The summed E-state index contributed by atoms with van der Waals surface area (Å²) in [6.45, 7) is 8.07. The molecular weight excluding hydrogens is 201 g/mol. The molecule has 4 unspecified atom stereocenters. The minimum atomic E-state index is -0.525. The van der Waals surface area contributed by atoms with Crippen LogP contribution in [-0.2, 0) is 0 Å². The maximum absolute atomic E-state index is 13.8. The van der Waals surface area contributed by atoms with Gasteiger partial charge in [-0.2, -0.15) is 0 Å². The number of hydrogen-bond acceptors (Lipinski definition) is 1. The molecule has 0 aromatic rings. The maximum atomic E-state index is 13.8. The molecule has 1 saturated heterocycles. The van der Waals surface area contributed by atoms with Crippen LogP contribution in [0, 0.1) is 17.8 Å². The quantitative estimate of drug-likeness (QED) is 0.698. The van der Waals surface area contributed by atoms with Gasteiger partial charge in [-0.25, -0.2) is 4.39 Å². The van der Waals surface area contributed by atoms with Gasteiger partial charge >= 0.3 is 0 Å². The lowest BCUT2D eigenvalue weighted by atomic mass is 9.84. The van der Waals surface area contributed by atoms with Crippen LogP contribution >= 0.6 is 0 Å². The second-order valence-electron chi connectivity index (χ2n) is 6.06. The number of nitrogens with zero attached hydrogens (tertiary/aromatic N) is 1. The van der Waals surface area contributed by atoms with E-state index in [1.807, 2.05) is 0 Å². The molecule has 4 atom stereocenters. The molecule has 0 aromatic carbocycles. The number of likely N-dealkylation sites (tertiary alicyclic amines) is 1. The molecule has 0 aromatic heterocycles. The van der Waals surface area contributed by atoms with E-state index in [2.05, 4.69) is 18.7 Å². The zero-order valence-corrected chi connectivity index (χ0v) is 10.8. The van der Waals surface area contributed by atoms with E-state index in [9.17, 15) is 4.39 Å². The topological polar surface area (TPSA) is 3.24 Å². The molecule has 0 N–H and O–H groups in total. The second kappa shape index (κ2) is 5.48. The van der Waals surface area contributed by atoms with E-state index in [1.165, 1.54) is 25.9 Å². The summed E-state index contributed by atoms with van der Waals surface area (Å²) >= 11 is 0. The molecule has 2 heteroatoms. The fourth-order valence-corrected chi connectivity index (χ4v) is 3.21. The Kier molecular flexibility index (Phi) is 4.23. The molecule has 1 saturated carbocycles. The Labute approximate surface area is 99.4 Å². The molecule has 1 nitrogen and oxygen atoms in total. The molecule has 0 spiro atoms. The van der Waals surface area contributed by atoms with E-state index in [-0.39, 0.29) is 0 Å². The Balaban J connectivity index is 1.80. The highest BCUT2D eigenvalue weighted by atomic mass is 19.1. The van der Waals surface area contributed by atoms with Gasteiger partial charge in [0.2, 0.25) is 0 Å². The lowest BCUT2D eigenvalue weighted by Gasteiger charge is -2.38. The SMILES string of the molecule is CC1CCN(CC2CCCCC2F)CC1C. The van der Waals surface area contributed by atoms with Crippen molar-refractivity contribution in [3.63, 3.8) is 0 Å². The number of piperidine rings is 1. The van der Waals surface area contributed by atoms with Crippen LogP contribution in [0.25, 0.3) is 0 Å². The zero-order chi connectivity index (χ0) is 11.5. The van der Waals surface area contributed by atoms with Gasteiger partial charge in [0.15, 0.2) is 0 Å². The molecule has 2 fully saturated rings. The van der Waals surface area contributed by atoms with Crippen LogP contribution in [0.4, 0.5) is 4.39 Å². The standard InChI is InChI=1S/C14H26FN/c1-11-7-8-16(9-12(11)2)10-13-5-3-4-6-14(13)15/h11-14H,3-10H2,1-2H3. The summed E-state index contributed by atoms with van der Waals surface area (Å²) in [7, 11) is 0. The lowest BCUT2D eigenvalue weighted by molar-refractivity contribution is 0.0758. The highest BCUT2D eigenvalue weighted by molar-refractivity contribution is 4.81. The summed E-state index contributed by atoms with van der Waals surface area (Å²) in [5.74, 6) is 1.97. The van der Waals surface area contributed by atoms with Gasteiger partial charge in [0.05, 0.1) is 0 Å². The molecule has 1 aliphatic carbocycles. The molecular formula is C14H26FN. The molecule has 94 valence electrons. The van der Waals surface area contributed by atoms with E-state index in [0.717, 1.165) is 37.6 Å². The fourth-order valence-electron chi connectivity index (χ4n) is 3.21. The van der Waals surface area contributed by atoms with Crippen molar-refractivity contribution >= 4 is 0 Å². The first-order valence-electron chi connectivity index (χ1n) is 7.03. The van der Waals surface area contributed by atoms with Gasteiger partial charge in [-0.05, 0) is 37.6 Å². The molecule has 16 heavy (non-hydrogen) atoms. The summed E-state index contributed by atoms with van der Waals surface area (Å²) in [5.41, 5.74) is 0. The second-order valence-corrected chi connectivity index (χ2v) is 6.06. The summed E-state index contributed by atoms with van der Waals surface area (Å²) in [5, 5.41) is 0. The van der Waals surface area contributed by atoms with Crippen molar-refractivity contribution in [3.05, 3.63) is 0 Å². The van der Waals surface area contributed by atoms with E-state index in [4.69, 9.17) is 0 Å². The van der Waals surface area contributed by atoms with Crippen LogP contribution in [0.3, 0.4) is 0 Å². The third kappa shape index (κ3) is 2.97. The molecule has 0 radical (unpaired) electrons. The van der Waals surface area contributed by atoms with Crippen LogP contribution in [-0.4, -0.2) is 30.7 Å². The largest absolute Gasteiger partial charge is 0.303 e. The normalized spacial score (nSPS) is 42.2. The van der Waals surface area contributed by atoms with Crippen molar-refractivity contribution in [2.75, 3.05) is 19.6 Å². The van der Waals surface area contributed by atoms with Crippen LogP contribution in [0.5, 0.6) is 0 Å². The van der Waals surface area contributed by atoms with Crippen molar-refractivity contribution in [1.29, 1.82) is 0 Å². The van der Waals surface area contributed by atoms with Crippen LogP contribution in [0.2, 0.25) is 0 Å². The molecule has 1 aliphatic heterocycles. The van der Waals surface area contributed by atoms with Gasteiger partial charge in [-0.3, -0.25) is 0 Å². The predicted molar refractivity (Wildman–Crippen MR) is 66.2 cm³/mol. The summed E-state index contributed by atoms with van der Waals surface area (Å²) < 4.78 is 13.8. The Morgan fingerprint density at radius 1 is 1.06 bits per heavy atom. The first-order valence-corrected chi connectivity index (χ1v) is 7.03. The van der Waals surface area contributed by atoms with Crippen LogP contribution in [0.15, 0.2) is 0 Å². The van der Waals surface area contributed by atoms with Crippen molar-refractivity contribution in [2.45, 2.75) is 52.1 Å². The van der Waals surface area contributed by atoms with E-state index < -0.39 is 6.17 Å². The zero-order valence-electron chi connectivity index (χ0n) is 10.8. The maximum Gasteiger partial charge on any atom is 0.104 e. The molecule has 2 rings (SSSR count). The Hall–Kier alpha value is -0.110. The first-order chi connectivity index (χ1) is 7.66. The predicted octanol–water partition coefficient (Wildman–Crippen LogP) is 3.49. The van der Waals surface area contributed by atoms with Gasteiger partial charge in [-0.1, -0.05) is 26.7 Å². The summed E-state index contributed by atoms with van der Waals surface area (Å²) in [6.07, 6.45) is 5.04. The number of rotatable bonds is 2. The average molecular weight is 227 g/mol.